The van der Waals surface area contributed by atoms with Gasteiger partial charge in [-0.05, 0) is 11.1 Å². The predicted molar refractivity (Wildman–Crippen MR) is 136 cm³/mol. The Kier molecular flexibility index (Phi) is 9.17. The van der Waals surface area contributed by atoms with E-state index in [9.17, 15) is 44.7 Å². The summed E-state index contributed by atoms with van der Waals surface area (Å²) in [6, 6.07) is 17.8. The third kappa shape index (κ3) is 6.10. The van der Waals surface area contributed by atoms with E-state index in [0.29, 0.717) is 13.1 Å². The molecule has 2 aliphatic rings. The Morgan fingerprint density at radius 3 is 1.07 bits per heavy atom. The Bertz CT molecular complexity index is 1120. The van der Waals surface area contributed by atoms with Crippen LogP contribution in [0.4, 0.5) is 35.1 Å². The maximum absolute atomic E-state index is 14.7. The summed E-state index contributed by atoms with van der Waals surface area (Å²) in [5.74, 6) is -31.6. The maximum Gasteiger partial charge on any atom is 0.392 e. The SMILES string of the molecule is O=C(N1CCN(Cc2ccccc2)CC1)C(F)(F)C(F)(F)C(F)(F)C(F)(F)C(=O)N1CCN(Cc2ccccc2)CC1. The maximum atomic E-state index is 14.7. The van der Waals surface area contributed by atoms with E-state index >= 15 is 0 Å². The van der Waals surface area contributed by atoms with Gasteiger partial charge in [-0.1, -0.05) is 60.7 Å². The van der Waals surface area contributed by atoms with Crippen LogP contribution in [0.15, 0.2) is 60.7 Å². The Balaban J connectivity index is 1.39. The summed E-state index contributed by atoms with van der Waals surface area (Å²) in [6.45, 7) is -1.46. The molecule has 2 aromatic rings. The molecule has 4 rings (SSSR count). The molecule has 2 aliphatic heterocycles. The van der Waals surface area contributed by atoms with Crippen molar-refractivity contribution in [3.05, 3.63) is 71.8 Å². The molecule has 14 heteroatoms. The fourth-order valence-electron chi connectivity index (χ4n) is 4.96. The van der Waals surface area contributed by atoms with E-state index in [1.54, 1.807) is 70.5 Å². The van der Waals surface area contributed by atoms with Crippen LogP contribution in [0.5, 0.6) is 0 Å². The molecule has 230 valence electrons. The van der Waals surface area contributed by atoms with Crippen LogP contribution < -0.4 is 0 Å². The van der Waals surface area contributed by atoms with Gasteiger partial charge in [-0.15, -0.1) is 0 Å². The van der Waals surface area contributed by atoms with Crippen molar-refractivity contribution in [2.45, 2.75) is 36.8 Å². The van der Waals surface area contributed by atoms with Gasteiger partial charge in [0.25, 0.3) is 11.8 Å². The van der Waals surface area contributed by atoms with E-state index in [0.717, 1.165) is 11.1 Å². The molecule has 2 fully saturated rings. The standard InChI is InChI=1S/C28H30F8N4O2/c29-25(30,23(41)39-15-11-37(12-16-39)19-21-7-3-1-4-8-21)27(33,34)28(35,36)26(31,32)24(42)40-17-13-38(14-18-40)20-22-9-5-2-6-10-22/h1-10H,11-20H2. The van der Waals surface area contributed by atoms with Crippen molar-refractivity contribution >= 4 is 11.8 Å². The number of rotatable bonds is 9. The molecular weight excluding hydrogens is 576 g/mol. The van der Waals surface area contributed by atoms with Crippen molar-refractivity contribution in [1.29, 1.82) is 0 Å². The number of benzene rings is 2. The van der Waals surface area contributed by atoms with Gasteiger partial charge in [-0.25, -0.2) is 0 Å². The average Bonchev–Trinajstić information content (AvgIpc) is 2.98. The van der Waals surface area contributed by atoms with Crippen LogP contribution in [-0.2, 0) is 22.7 Å². The third-order valence-corrected chi connectivity index (χ3v) is 7.54. The number of piperazine rings is 2. The molecule has 0 N–H and O–H groups in total. The van der Waals surface area contributed by atoms with Gasteiger partial charge in [0.05, 0.1) is 0 Å². The monoisotopic (exact) mass is 606 g/mol. The lowest BCUT2D eigenvalue weighted by atomic mass is 9.96. The summed E-state index contributed by atoms with van der Waals surface area (Å²) >= 11 is 0. The van der Waals surface area contributed by atoms with E-state index in [1.807, 2.05) is 0 Å². The minimum Gasteiger partial charge on any atom is -0.335 e. The van der Waals surface area contributed by atoms with Crippen LogP contribution in [0, 0.1) is 0 Å². The second-order valence-corrected chi connectivity index (χ2v) is 10.4. The minimum atomic E-state index is -6.87. The normalized spacial score (nSPS) is 18.3. The summed E-state index contributed by atoms with van der Waals surface area (Å²) < 4.78 is 117. The van der Waals surface area contributed by atoms with Gasteiger partial charge in [0, 0.05) is 65.4 Å². The van der Waals surface area contributed by atoms with Crippen molar-refractivity contribution in [2.75, 3.05) is 52.4 Å². The molecule has 2 aromatic carbocycles. The second-order valence-electron chi connectivity index (χ2n) is 10.4. The van der Waals surface area contributed by atoms with E-state index in [1.165, 1.54) is 0 Å². The minimum absolute atomic E-state index is 0.0381. The lowest BCUT2D eigenvalue weighted by Gasteiger charge is -2.41. The lowest BCUT2D eigenvalue weighted by Crippen LogP contribution is -2.70. The van der Waals surface area contributed by atoms with Crippen molar-refractivity contribution < 1.29 is 44.7 Å². The van der Waals surface area contributed by atoms with Crippen LogP contribution in [0.3, 0.4) is 0 Å². The number of carbonyl (C=O) groups is 2. The molecule has 42 heavy (non-hydrogen) atoms. The molecular formula is C28H30F8N4O2. The van der Waals surface area contributed by atoms with Crippen LogP contribution in [-0.4, -0.2) is 107 Å². The summed E-state index contributed by atoms with van der Waals surface area (Å²) in [5, 5.41) is 0. The zero-order valence-corrected chi connectivity index (χ0v) is 22.5. The first-order valence-electron chi connectivity index (χ1n) is 13.3. The quantitative estimate of drug-likeness (QED) is 0.402. The third-order valence-electron chi connectivity index (χ3n) is 7.54. The Morgan fingerprint density at radius 1 is 0.500 bits per heavy atom. The van der Waals surface area contributed by atoms with E-state index in [-0.39, 0.29) is 36.0 Å². The van der Waals surface area contributed by atoms with Gasteiger partial charge in [-0.3, -0.25) is 19.4 Å². The number of hydrogen-bond donors (Lipinski definition) is 0. The predicted octanol–water partition coefficient (Wildman–Crippen LogP) is 4.22. The Hall–Kier alpha value is -3.26. The first-order valence-corrected chi connectivity index (χ1v) is 13.3. The van der Waals surface area contributed by atoms with Crippen LogP contribution in [0.25, 0.3) is 0 Å². The molecule has 0 spiro atoms. The van der Waals surface area contributed by atoms with Crippen molar-refractivity contribution in [1.82, 2.24) is 19.6 Å². The second kappa shape index (κ2) is 12.2. The number of nitrogens with zero attached hydrogens (tertiary/aromatic N) is 4. The summed E-state index contributed by atoms with van der Waals surface area (Å²) in [6.07, 6.45) is 0. The topological polar surface area (TPSA) is 47.1 Å². The average molecular weight is 607 g/mol. The first-order chi connectivity index (χ1) is 19.7. The molecule has 0 saturated carbocycles. The van der Waals surface area contributed by atoms with Crippen molar-refractivity contribution in [3.63, 3.8) is 0 Å². The fraction of sp³-hybridized carbons (Fsp3) is 0.500. The molecule has 2 heterocycles. The van der Waals surface area contributed by atoms with Gasteiger partial charge in [0.1, 0.15) is 0 Å². The van der Waals surface area contributed by atoms with Crippen molar-refractivity contribution in [3.8, 4) is 0 Å². The van der Waals surface area contributed by atoms with E-state index < -0.39 is 61.7 Å². The highest BCUT2D eigenvalue weighted by Gasteiger charge is 2.85. The van der Waals surface area contributed by atoms with Crippen LogP contribution in [0.1, 0.15) is 11.1 Å². The highest BCUT2D eigenvalue weighted by Crippen LogP contribution is 2.53. The highest BCUT2D eigenvalue weighted by atomic mass is 19.4. The largest absolute Gasteiger partial charge is 0.392 e. The number of hydrogen-bond acceptors (Lipinski definition) is 4. The molecule has 0 unspecified atom stereocenters. The molecule has 0 bridgehead atoms. The van der Waals surface area contributed by atoms with Gasteiger partial charge in [0.15, 0.2) is 0 Å². The van der Waals surface area contributed by atoms with Crippen LogP contribution in [0.2, 0.25) is 0 Å². The molecule has 2 amide bonds. The van der Waals surface area contributed by atoms with Gasteiger partial charge in [-0.2, -0.15) is 35.1 Å². The molecule has 0 radical (unpaired) electrons. The molecule has 0 aliphatic carbocycles. The van der Waals surface area contributed by atoms with Crippen molar-refractivity contribution in [2.24, 2.45) is 0 Å². The Morgan fingerprint density at radius 2 is 0.786 bits per heavy atom. The number of amides is 2. The number of carbonyl (C=O) groups excluding carboxylic acids is 2. The number of halogens is 8. The molecule has 2 saturated heterocycles. The molecule has 0 atom stereocenters. The fourth-order valence-corrected chi connectivity index (χ4v) is 4.96. The zero-order valence-electron chi connectivity index (χ0n) is 22.5. The smallest absolute Gasteiger partial charge is 0.335 e. The summed E-state index contributed by atoms with van der Waals surface area (Å²) in [5.41, 5.74) is 1.72. The van der Waals surface area contributed by atoms with E-state index in [4.69, 9.17) is 0 Å². The van der Waals surface area contributed by atoms with E-state index in [2.05, 4.69) is 0 Å². The van der Waals surface area contributed by atoms with Gasteiger partial charge >= 0.3 is 23.7 Å². The Labute approximate surface area is 237 Å². The summed E-state index contributed by atoms with van der Waals surface area (Å²) in [4.78, 5) is 28.7. The number of alkyl halides is 8. The lowest BCUT2D eigenvalue weighted by molar-refractivity contribution is -0.350. The zero-order chi connectivity index (χ0) is 30.8. The van der Waals surface area contributed by atoms with Gasteiger partial charge < -0.3 is 9.80 Å². The highest BCUT2D eigenvalue weighted by molar-refractivity contribution is 5.87. The van der Waals surface area contributed by atoms with Gasteiger partial charge in [0.2, 0.25) is 0 Å². The molecule has 0 aromatic heterocycles. The first kappa shape index (κ1) is 31.7. The van der Waals surface area contributed by atoms with Crippen LogP contribution >= 0.6 is 0 Å². The molecule has 6 nitrogen and oxygen atoms in total. The summed E-state index contributed by atoms with van der Waals surface area (Å²) in [7, 11) is 0.